The number of likely N-dealkylation sites (N-methyl/N-ethyl adjacent to an activating group) is 1. The minimum absolute atomic E-state index is 0.153. The van der Waals surface area contributed by atoms with Crippen LogP contribution in [-0.2, 0) is 33.3 Å². The topological polar surface area (TPSA) is 111 Å². The highest BCUT2D eigenvalue weighted by atomic mass is 16.7. The second kappa shape index (κ2) is 54.5. The molecule has 422 valence electrons. The Labute approximate surface area is 441 Å². The molecule has 0 fully saturated rings. The van der Waals surface area contributed by atoms with E-state index in [1.807, 2.05) is 21.1 Å². The van der Waals surface area contributed by atoms with Gasteiger partial charge in [-0.2, -0.15) is 0 Å². The zero-order valence-electron chi connectivity index (χ0n) is 48.1. The first-order valence-electron chi connectivity index (χ1n) is 31.2. The highest BCUT2D eigenvalue weighted by Crippen LogP contribution is 2.18. The second-order valence-electron chi connectivity index (χ2n) is 22.7. The summed E-state index contributed by atoms with van der Waals surface area (Å²) in [6.45, 7) is 4.82. The van der Waals surface area contributed by atoms with Crippen molar-refractivity contribution in [3.63, 3.8) is 0 Å². The lowest BCUT2D eigenvalue weighted by Crippen LogP contribution is -2.44. The Kier molecular flexibility index (Phi) is 53.2. The van der Waals surface area contributed by atoms with E-state index in [-0.39, 0.29) is 32.2 Å². The van der Waals surface area contributed by atoms with Crippen molar-refractivity contribution < 1.29 is 42.9 Å². The van der Waals surface area contributed by atoms with Crippen molar-refractivity contribution in [2.45, 2.75) is 334 Å². The molecule has 0 aliphatic heterocycles. The van der Waals surface area contributed by atoms with Crippen molar-refractivity contribution in [2.75, 3.05) is 47.5 Å². The zero-order chi connectivity index (χ0) is 52.0. The van der Waals surface area contributed by atoms with E-state index >= 15 is 0 Å². The molecular formula is C62H121NO8. The molecule has 0 rings (SSSR count). The third-order valence-corrected chi connectivity index (χ3v) is 14.4. The van der Waals surface area contributed by atoms with Crippen LogP contribution in [0.2, 0.25) is 0 Å². The maximum absolute atomic E-state index is 12.9. The maximum atomic E-state index is 12.9. The molecule has 0 aromatic rings. The van der Waals surface area contributed by atoms with Gasteiger partial charge < -0.3 is 33.3 Å². The van der Waals surface area contributed by atoms with E-state index < -0.39 is 24.3 Å². The number of quaternary nitrogens is 1. The van der Waals surface area contributed by atoms with Crippen LogP contribution in [0.15, 0.2) is 0 Å². The smallest absolute Gasteiger partial charge is 0.306 e. The van der Waals surface area contributed by atoms with E-state index in [9.17, 15) is 19.5 Å². The highest BCUT2D eigenvalue weighted by Gasteiger charge is 2.22. The number of ether oxygens (including phenoxy) is 4. The van der Waals surface area contributed by atoms with Crippen molar-refractivity contribution >= 4 is 17.9 Å². The SMILES string of the molecule is CCCCCCCCCCCCCCCCCCCCCCCCCCCCCCCC(=O)OC(COC(=O)CCCCCCCCCCCCCCCCCCC)COC(OCC[N+](C)(C)C)C(=O)[O-]. The van der Waals surface area contributed by atoms with Crippen LogP contribution in [0.1, 0.15) is 322 Å². The van der Waals surface area contributed by atoms with Gasteiger partial charge in [0.05, 0.1) is 40.3 Å². The summed E-state index contributed by atoms with van der Waals surface area (Å²) in [7, 11) is 5.94. The number of esters is 2. The molecule has 0 spiro atoms. The van der Waals surface area contributed by atoms with Gasteiger partial charge >= 0.3 is 11.9 Å². The molecule has 9 heteroatoms. The number of unbranched alkanes of at least 4 members (excludes halogenated alkanes) is 44. The molecule has 9 nitrogen and oxygen atoms in total. The number of hydrogen-bond acceptors (Lipinski definition) is 8. The Morgan fingerprint density at radius 1 is 0.366 bits per heavy atom. The number of carboxylic acids is 1. The number of rotatable bonds is 59. The van der Waals surface area contributed by atoms with Crippen molar-refractivity contribution in [1.29, 1.82) is 0 Å². The van der Waals surface area contributed by atoms with Gasteiger partial charge in [0.2, 0.25) is 0 Å². The molecule has 2 unspecified atom stereocenters. The molecular weight excluding hydrogens is 887 g/mol. The average molecular weight is 1010 g/mol. The van der Waals surface area contributed by atoms with E-state index in [4.69, 9.17) is 18.9 Å². The lowest BCUT2D eigenvalue weighted by molar-refractivity contribution is -0.870. The fourth-order valence-electron chi connectivity index (χ4n) is 9.54. The monoisotopic (exact) mass is 1010 g/mol. The van der Waals surface area contributed by atoms with Crippen LogP contribution in [0.3, 0.4) is 0 Å². The fourth-order valence-corrected chi connectivity index (χ4v) is 9.54. The number of carbonyl (C=O) groups is 3. The van der Waals surface area contributed by atoms with E-state index in [0.29, 0.717) is 17.4 Å². The zero-order valence-corrected chi connectivity index (χ0v) is 48.1. The molecule has 0 heterocycles. The lowest BCUT2D eigenvalue weighted by atomic mass is 10.0. The Bertz CT molecular complexity index is 1130. The van der Waals surface area contributed by atoms with Crippen LogP contribution in [0.25, 0.3) is 0 Å². The predicted octanol–water partition coefficient (Wildman–Crippen LogP) is 17.0. The van der Waals surface area contributed by atoms with E-state index in [0.717, 1.165) is 38.5 Å². The van der Waals surface area contributed by atoms with E-state index in [1.54, 1.807) is 0 Å². The lowest BCUT2D eigenvalue weighted by Gasteiger charge is -2.26. The van der Waals surface area contributed by atoms with Crippen LogP contribution in [0.5, 0.6) is 0 Å². The van der Waals surface area contributed by atoms with Gasteiger partial charge in [-0.1, -0.05) is 296 Å². The van der Waals surface area contributed by atoms with Crippen molar-refractivity contribution in [2.24, 2.45) is 0 Å². The first-order valence-corrected chi connectivity index (χ1v) is 31.2. The number of hydrogen-bond donors (Lipinski definition) is 0. The van der Waals surface area contributed by atoms with Gasteiger partial charge in [-0.15, -0.1) is 0 Å². The summed E-state index contributed by atoms with van der Waals surface area (Å²) >= 11 is 0. The summed E-state index contributed by atoms with van der Waals surface area (Å²) < 4.78 is 22.7. The Morgan fingerprint density at radius 3 is 0.901 bits per heavy atom. The number of aliphatic carboxylic acids is 1. The molecule has 0 aromatic carbocycles. The molecule has 0 aliphatic carbocycles. The number of carboxylic acid groups (broad SMARTS) is 1. The van der Waals surface area contributed by atoms with Gasteiger partial charge in [-0.05, 0) is 12.8 Å². The quantitative estimate of drug-likeness (QED) is 0.0256. The molecule has 71 heavy (non-hydrogen) atoms. The molecule has 0 saturated heterocycles. The molecule has 0 N–H and O–H groups in total. The van der Waals surface area contributed by atoms with Crippen molar-refractivity contribution in [1.82, 2.24) is 0 Å². The highest BCUT2D eigenvalue weighted by molar-refractivity contribution is 5.70. The standard InChI is InChI=1S/C62H121NO8/c1-6-8-10-12-14-16-18-20-22-24-25-26-27-28-29-30-31-32-33-34-35-37-39-41-43-45-47-49-51-53-60(65)71-58(57-70-62(61(66)67)68-55-54-63(3,4)5)56-69-59(64)52-50-48-46-44-42-40-38-36-23-21-19-17-15-13-11-9-7-2/h58,62H,6-57H2,1-5H3. The molecule has 0 saturated carbocycles. The number of carbonyl (C=O) groups excluding carboxylic acids is 3. The Hall–Kier alpha value is -1.71. The van der Waals surface area contributed by atoms with Crippen LogP contribution < -0.4 is 5.11 Å². The second-order valence-corrected chi connectivity index (χ2v) is 22.7. The van der Waals surface area contributed by atoms with Gasteiger partial charge in [0, 0.05) is 12.8 Å². The predicted molar refractivity (Wildman–Crippen MR) is 297 cm³/mol. The molecule has 2 atom stereocenters. The van der Waals surface area contributed by atoms with Gasteiger partial charge in [-0.3, -0.25) is 9.59 Å². The maximum Gasteiger partial charge on any atom is 0.306 e. The van der Waals surface area contributed by atoms with Crippen LogP contribution in [-0.4, -0.2) is 82.3 Å². The summed E-state index contributed by atoms with van der Waals surface area (Å²) in [6.07, 6.45) is 58.8. The Balaban J connectivity index is 4.08. The fraction of sp³-hybridized carbons (Fsp3) is 0.952. The van der Waals surface area contributed by atoms with Crippen molar-refractivity contribution in [3.05, 3.63) is 0 Å². The van der Waals surface area contributed by atoms with Gasteiger partial charge in [0.1, 0.15) is 13.2 Å². The van der Waals surface area contributed by atoms with Gasteiger partial charge in [0.15, 0.2) is 12.4 Å². The van der Waals surface area contributed by atoms with Crippen molar-refractivity contribution in [3.8, 4) is 0 Å². The molecule has 0 aliphatic rings. The molecule has 0 aromatic heterocycles. The van der Waals surface area contributed by atoms with E-state index in [2.05, 4.69) is 13.8 Å². The first-order chi connectivity index (χ1) is 34.6. The van der Waals surface area contributed by atoms with Crippen LogP contribution >= 0.6 is 0 Å². The minimum atomic E-state index is -1.61. The third kappa shape index (κ3) is 55.9. The molecule has 0 bridgehead atoms. The third-order valence-electron chi connectivity index (χ3n) is 14.4. The van der Waals surface area contributed by atoms with Crippen LogP contribution in [0, 0.1) is 0 Å². The Morgan fingerprint density at radius 2 is 0.634 bits per heavy atom. The summed E-state index contributed by atoms with van der Waals surface area (Å²) in [4.78, 5) is 37.3. The summed E-state index contributed by atoms with van der Waals surface area (Å²) in [5.41, 5.74) is 0. The summed E-state index contributed by atoms with van der Waals surface area (Å²) in [5, 5.41) is 11.8. The summed E-state index contributed by atoms with van der Waals surface area (Å²) in [5.74, 6) is -2.25. The van der Waals surface area contributed by atoms with Gasteiger partial charge in [-0.25, -0.2) is 0 Å². The van der Waals surface area contributed by atoms with Crippen LogP contribution in [0.4, 0.5) is 0 Å². The first kappa shape index (κ1) is 69.3. The van der Waals surface area contributed by atoms with Gasteiger partial charge in [0.25, 0.3) is 0 Å². The number of nitrogens with zero attached hydrogens (tertiary/aromatic N) is 1. The molecule has 0 amide bonds. The van der Waals surface area contributed by atoms with E-state index in [1.165, 1.54) is 257 Å². The molecule has 0 radical (unpaired) electrons. The average Bonchev–Trinajstić information content (AvgIpc) is 3.34. The minimum Gasteiger partial charge on any atom is -0.545 e. The normalized spacial score (nSPS) is 12.6. The summed E-state index contributed by atoms with van der Waals surface area (Å²) in [6, 6.07) is 0. The largest absolute Gasteiger partial charge is 0.545 e.